The number of carboxylic acids is 1. The van der Waals surface area contributed by atoms with Gasteiger partial charge in [-0.25, -0.2) is 0 Å². The van der Waals surface area contributed by atoms with Gasteiger partial charge < -0.3 is 30.9 Å². The third-order valence-corrected chi connectivity index (χ3v) is 4.74. The molecule has 1 aromatic rings. The van der Waals surface area contributed by atoms with Gasteiger partial charge >= 0.3 is 5.97 Å². The molecule has 9 heteroatoms. The molecule has 0 saturated heterocycles. The van der Waals surface area contributed by atoms with Gasteiger partial charge in [-0.05, 0) is 49.3 Å². The number of benzene rings is 1. The molecule has 9 nitrogen and oxygen atoms in total. The van der Waals surface area contributed by atoms with Gasteiger partial charge in [0.2, 0.25) is 11.8 Å². The summed E-state index contributed by atoms with van der Waals surface area (Å²) in [4.78, 5) is 34.5. The Morgan fingerprint density at radius 2 is 1.88 bits per heavy atom. The van der Waals surface area contributed by atoms with E-state index in [9.17, 15) is 14.4 Å². The summed E-state index contributed by atoms with van der Waals surface area (Å²) in [5, 5.41) is 14.1. The Bertz CT molecular complexity index is 794. The summed E-state index contributed by atoms with van der Waals surface area (Å²) < 4.78 is 10.9. The standard InChI is InChI=1S/C24H37N3O6/c1-17(2)8-6-4-5-7-9-22(28)26-15-18-10-12-20(21(14-18)32-3)33-16-27-24(31)19(25)11-13-23(29)30/h6,8,10,12,14,17,19H,4-5,7,9,11,13,15-16,25H2,1-3H3,(H,26,28)(H,27,31)(H,29,30)/b8-6+/t19-/m0/s1. The van der Waals surface area contributed by atoms with Gasteiger partial charge in [0, 0.05) is 19.4 Å². The van der Waals surface area contributed by atoms with Crippen molar-refractivity contribution < 1.29 is 29.0 Å². The van der Waals surface area contributed by atoms with E-state index < -0.39 is 17.9 Å². The smallest absolute Gasteiger partial charge is 0.303 e. The number of hydrogen-bond acceptors (Lipinski definition) is 6. The topological polar surface area (TPSA) is 140 Å². The number of nitrogens with two attached hydrogens (primary N) is 1. The van der Waals surface area contributed by atoms with Crippen LogP contribution in [0.1, 0.15) is 57.9 Å². The number of ether oxygens (including phenoxy) is 2. The molecule has 33 heavy (non-hydrogen) atoms. The molecule has 1 aromatic carbocycles. The normalized spacial score (nSPS) is 11.9. The highest BCUT2D eigenvalue weighted by molar-refractivity contribution is 5.82. The molecule has 0 saturated carbocycles. The number of carbonyl (C=O) groups excluding carboxylic acids is 2. The van der Waals surface area contributed by atoms with Crippen molar-refractivity contribution in [1.82, 2.24) is 10.6 Å². The van der Waals surface area contributed by atoms with Gasteiger partial charge in [-0.2, -0.15) is 0 Å². The summed E-state index contributed by atoms with van der Waals surface area (Å²) >= 11 is 0. The maximum atomic E-state index is 12.1. The second-order valence-electron chi connectivity index (χ2n) is 8.05. The molecule has 0 aliphatic heterocycles. The highest BCUT2D eigenvalue weighted by atomic mass is 16.5. The van der Waals surface area contributed by atoms with Gasteiger partial charge in [0.25, 0.3) is 0 Å². The molecule has 2 amide bonds. The van der Waals surface area contributed by atoms with E-state index in [2.05, 4.69) is 36.6 Å². The number of carboxylic acid groups (broad SMARTS) is 1. The van der Waals surface area contributed by atoms with Gasteiger partial charge in [0.15, 0.2) is 18.2 Å². The Morgan fingerprint density at radius 1 is 1.12 bits per heavy atom. The van der Waals surface area contributed by atoms with Crippen LogP contribution in [-0.2, 0) is 20.9 Å². The van der Waals surface area contributed by atoms with Crippen molar-refractivity contribution in [1.29, 1.82) is 0 Å². The third kappa shape index (κ3) is 12.5. The molecule has 1 atom stereocenters. The van der Waals surface area contributed by atoms with E-state index in [4.69, 9.17) is 20.3 Å². The molecule has 0 spiro atoms. The van der Waals surface area contributed by atoms with Crippen LogP contribution in [0.4, 0.5) is 0 Å². The molecule has 0 aliphatic rings. The van der Waals surface area contributed by atoms with Gasteiger partial charge in [-0.1, -0.05) is 32.1 Å². The number of allylic oxidation sites excluding steroid dienone is 2. The van der Waals surface area contributed by atoms with E-state index in [1.54, 1.807) is 18.2 Å². The Balaban J connectivity index is 2.40. The lowest BCUT2D eigenvalue weighted by molar-refractivity contribution is -0.137. The molecule has 0 heterocycles. The number of amides is 2. The maximum Gasteiger partial charge on any atom is 0.303 e. The van der Waals surface area contributed by atoms with Crippen molar-refractivity contribution in [2.75, 3.05) is 13.8 Å². The number of methoxy groups -OCH3 is 1. The summed E-state index contributed by atoms with van der Waals surface area (Å²) in [5.41, 5.74) is 6.50. The molecule has 184 valence electrons. The minimum Gasteiger partial charge on any atom is -0.493 e. The van der Waals surface area contributed by atoms with Crippen LogP contribution in [0, 0.1) is 5.92 Å². The first-order valence-electron chi connectivity index (χ1n) is 11.2. The number of aliphatic carboxylic acids is 1. The lowest BCUT2D eigenvalue weighted by Gasteiger charge is -2.15. The number of unbranched alkanes of at least 4 members (excludes halogenated alkanes) is 2. The molecule has 0 aliphatic carbocycles. The first-order chi connectivity index (χ1) is 15.7. The molecular formula is C24H37N3O6. The Morgan fingerprint density at radius 3 is 2.55 bits per heavy atom. The molecule has 1 rings (SSSR count). The van der Waals surface area contributed by atoms with E-state index in [0.29, 0.717) is 30.4 Å². The number of carbonyl (C=O) groups is 3. The zero-order valence-electron chi connectivity index (χ0n) is 19.8. The zero-order chi connectivity index (χ0) is 24.6. The highest BCUT2D eigenvalue weighted by Gasteiger charge is 2.15. The minimum atomic E-state index is -1.01. The van der Waals surface area contributed by atoms with Crippen LogP contribution in [0.15, 0.2) is 30.4 Å². The summed E-state index contributed by atoms with van der Waals surface area (Å²) in [7, 11) is 1.50. The summed E-state index contributed by atoms with van der Waals surface area (Å²) in [5.74, 6) is -0.0706. The first kappa shape index (κ1) is 28.0. The van der Waals surface area contributed by atoms with Crippen LogP contribution in [0.25, 0.3) is 0 Å². The first-order valence-corrected chi connectivity index (χ1v) is 11.2. The monoisotopic (exact) mass is 463 g/mol. The maximum absolute atomic E-state index is 12.1. The fourth-order valence-electron chi connectivity index (χ4n) is 2.87. The van der Waals surface area contributed by atoms with Gasteiger partial charge in [-0.15, -0.1) is 0 Å². The molecule has 0 radical (unpaired) electrons. The van der Waals surface area contributed by atoms with Crippen molar-refractivity contribution >= 4 is 17.8 Å². The number of hydrogen-bond donors (Lipinski definition) is 4. The average Bonchev–Trinajstić information content (AvgIpc) is 2.78. The largest absolute Gasteiger partial charge is 0.493 e. The second kappa shape index (κ2) is 15.7. The van der Waals surface area contributed by atoms with Gasteiger partial charge in [0.05, 0.1) is 13.2 Å². The fraction of sp³-hybridized carbons (Fsp3) is 0.542. The van der Waals surface area contributed by atoms with E-state index in [-0.39, 0.29) is 25.5 Å². The summed E-state index contributed by atoms with van der Waals surface area (Å²) in [6.45, 7) is 4.51. The van der Waals surface area contributed by atoms with Crippen LogP contribution in [0.2, 0.25) is 0 Å². The Kier molecular flexibility index (Phi) is 13.3. The van der Waals surface area contributed by atoms with Gasteiger partial charge in [-0.3, -0.25) is 14.4 Å². The lowest BCUT2D eigenvalue weighted by Crippen LogP contribution is -2.42. The molecule has 5 N–H and O–H groups in total. The summed E-state index contributed by atoms with van der Waals surface area (Å²) in [6.07, 6.45) is 7.50. The lowest BCUT2D eigenvalue weighted by atomic mass is 10.1. The SMILES string of the molecule is COc1cc(CNC(=O)CCCC/C=C/C(C)C)ccc1OCNC(=O)[C@@H](N)CCC(=O)O. The second-order valence-corrected chi connectivity index (χ2v) is 8.05. The predicted molar refractivity (Wildman–Crippen MR) is 126 cm³/mol. The van der Waals surface area contributed by atoms with Crippen molar-refractivity contribution in [3.63, 3.8) is 0 Å². The zero-order valence-corrected chi connectivity index (χ0v) is 19.8. The molecule has 0 bridgehead atoms. The molecular weight excluding hydrogens is 426 g/mol. The van der Waals surface area contributed by atoms with E-state index in [1.807, 2.05) is 0 Å². The average molecular weight is 464 g/mol. The van der Waals surface area contributed by atoms with Crippen molar-refractivity contribution in [2.24, 2.45) is 11.7 Å². The fourth-order valence-corrected chi connectivity index (χ4v) is 2.87. The summed E-state index contributed by atoms with van der Waals surface area (Å²) in [6, 6.07) is 4.33. The Hall–Kier alpha value is -3.07. The van der Waals surface area contributed by atoms with Crippen molar-refractivity contribution in [3.8, 4) is 11.5 Å². The quantitative estimate of drug-likeness (QED) is 0.168. The van der Waals surface area contributed by atoms with Crippen LogP contribution >= 0.6 is 0 Å². The highest BCUT2D eigenvalue weighted by Crippen LogP contribution is 2.27. The third-order valence-electron chi connectivity index (χ3n) is 4.74. The number of rotatable bonds is 16. The Labute approximate surface area is 195 Å². The van der Waals surface area contributed by atoms with Crippen LogP contribution in [-0.4, -0.2) is 42.8 Å². The van der Waals surface area contributed by atoms with E-state index in [1.165, 1.54) is 7.11 Å². The number of nitrogens with one attached hydrogen (secondary N) is 2. The van der Waals surface area contributed by atoms with Crippen molar-refractivity contribution in [3.05, 3.63) is 35.9 Å². The van der Waals surface area contributed by atoms with Crippen LogP contribution in [0.5, 0.6) is 11.5 Å². The molecule has 0 aromatic heterocycles. The van der Waals surface area contributed by atoms with E-state index in [0.717, 1.165) is 24.8 Å². The van der Waals surface area contributed by atoms with Crippen LogP contribution < -0.4 is 25.8 Å². The molecule has 0 unspecified atom stereocenters. The minimum absolute atomic E-state index is 0.00378. The van der Waals surface area contributed by atoms with Crippen LogP contribution in [0.3, 0.4) is 0 Å². The van der Waals surface area contributed by atoms with Gasteiger partial charge in [0.1, 0.15) is 0 Å². The van der Waals surface area contributed by atoms with Crippen molar-refractivity contribution in [2.45, 2.75) is 65.0 Å². The predicted octanol–water partition coefficient (Wildman–Crippen LogP) is 2.73. The molecule has 0 fully saturated rings. The van der Waals surface area contributed by atoms with E-state index >= 15 is 0 Å².